The number of hydrogen-bond acceptors (Lipinski definition) is 4. The van der Waals surface area contributed by atoms with E-state index < -0.39 is 0 Å². The van der Waals surface area contributed by atoms with Gasteiger partial charge in [-0.05, 0) is 19.1 Å². The monoisotopic (exact) mass is 363 g/mol. The summed E-state index contributed by atoms with van der Waals surface area (Å²) in [7, 11) is 0. The molecule has 6 heteroatoms. The number of aliphatic hydroxyl groups is 1. The molecular formula is C21H21N3O3. The Bertz CT molecular complexity index is 983. The summed E-state index contributed by atoms with van der Waals surface area (Å²) in [5, 5.41) is 12.1. The molecule has 1 aromatic heterocycles. The van der Waals surface area contributed by atoms with Crippen molar-refractivity contribution in [3.63, 3.8) is 0 Å². The number of nitrogens with zero attached hydrogens (tertiary/aromatic N) is 2. The molecule has 1 heterocycles. The fourth-order valence-electron chi connectivity index (χ4n) is 2.92. The van der Waals surface area contributed by atoms with E-state index in [1.54, 1.807) is 19.1 Å². The lowest BCUT2D eigenvalue weighted by Gasteiger charge is -2.16. The Morgan fingerprint density at radius 2 is 1.70 bits per heavy atom. The molecule has 0 fully saturated rings. The summed E-state index contributed by atoms with van der Waals surface area (Å²) in [6.45, 7) is 1.43. The van der Waals surface area contributed by atoms with Crippen molar-refractivity contribution in [2.24, 2.45) is 0 Å². The molecule has 0 aliphatic rings. The quantitative estimate of drug-likeness (QED) is 0.704. The normalized spacial score (nSPS) is 10.6. The summed E-state index contributed by atoms with van der Waals surface area (Å²) in [5.74, 6) is 0.115. The van der Waals surface area contributed by atoms with Gasteiger partial charge in [-0.25, -0.2) is 4.98 Å². The van der Waals surface area contributed by atoms with Gasteiger partial charge in [-0.1, -0.05) is 48.5 Å². The van der Waals surface area contributed by atoms with Crippen molar-refractivity contribution < 1.29 is 9.90 Å². The van der Waals surface area contributed by atoms with Gasteiger partial charge in [0.1, 0.15) is 12.4 Å². The third-order valence-electron chi connectivity index (χ3n) is 4.22. The molecule has 0 atom stereocenters. The van der Waals surface area contributed by atoms with Gasteiger partial charge in [0.2, 0.25) is 5.91 Å². The van der Waals surface area contributed by atoms with Crippen LogP contribution in [0, 0.1) is 6.92 Å². The number of aliphatic hydroxyl groups excluding tert-OH is 1. The Kier molecular flexibility index (Phi) is 5.78. The molecule has 0 saturated carbocycles. The molecule has 0 spiro atoms. The van der Waals surface area contributed by atoms with Gasteiger partial charge in [0, 0.05) is 35.5 Å². The minimum atomic E-state index is -0.318. The lowest BCUT2D eigenvalue weighted by molar-refractivity contribution is -0.116. The molecule has 6 nitrogen and oxygen atoms in total. The van der Waals surface area contributed by atoms with Gasteiger partial charge >= 0.3 is 0 Å². The van der Waals surface area contributed by atoms with Crippen LogP contribution in [-0.2, 0) is 17.8 Å². The maximum atomic E-state index is 13.0. The fraction of sp³-hybridized carbons (Fsp3) is 0.190. The second kappa shape index (κ2) is 8.42. The number of nitrogens with one attached hydrogen (secondary N) is 1. The van der Waals surface area contributed by atoms with E-state index in [2.05, 4.69) is 10.3 Å². The molecule has 0 aliphatic carbocycles. The number of carbonyl (C=O) groups is 1. The number of benzene rings is 2. The van der Waals surface area contributed by atoms with E-state index in [9.17, 15) is 14.7 Å². The number of amides is 1. The lowest BCUT2D eigenvalue weighted by Crippen LogP contribution is -2.33. The lowest BCUT2D eigenvalue weighted by atomic mass is 10.1. The first-order chi connectivity index (χ1) is 13.1. The summed E-state index contributed by atoms with van der Waals surface area (Å²) < 4.78 is 1.37. The molecule has 27 heavy (non-hydrogen) atoms. The molecule has 3 rings (SSSR count). The average Bonchev–Trinajstić information content (AvgIpc) is 2.68. The van der Waals surface area contributed by atoms with Crippen LogP contribution in [0.4, 0.5) is 5.69 Å². The van der Waals surface area contributed by atoms with E-state index in [-0.39, 0.29) is 31.0 Å². The first-order valence-corrected chi connectivity index (χ1v) is 8.71. The van der Waals surface area contributed by atoms with Crippen LogP contribution in [0.3, 0.4) is 0 Å². The molecule has 0 unspecified atom stereocenters. The smallest absolute Gasteiger partial charge is 0.257 e. The molecule has 0 aliphatic heterocycles. The third kappa shape index (κ3) is 4.30. The van der Waals surface area contributed by atoms with Crippen molar-refractivity contribution in [2.75, 3.05) is 11.9 Å². The zero-order valence-corrected chi connectivity index (χ0v) is 15.1. The number of anilines is 1. The Labute approximate surface area is 157 Å². The second-order valence-electron chi connectivity index (χ2n) is 6.14. The summed E-state index contributed by atoms with van der Waals surface area (Å²) in [6.07, 6.45) is 0.201. The first-order valence-electron chi connectivity index (χ1n) is 8.71. The van der Waals surface area contributed by atoms with Crippen molar-refractivity contribution in [1.29, 1.82) is 0 Å². The number of aromatic nitrogens is 2. The SMILES string of the molecule is Cc1nc(-c2ccccc2)n(CC(=O)Nc2ccccc2)c(=O)c1CCO. The maximum absolute atomic E-state index is 13.0. The highest BCUT2D eigenvalue weighted by Gasteiger charge is 2.17. The zero-order chi connectivity index (χ0) is 19.2. The predicted molar refractivity (Wildman–Crippen MR) is 105 cm³/mol. The number of para-hydroxylation sites is 1. The minimum Gasteiger partial charge on any atom is -0.396 e. The van der Waals surface area contributed by atoms with Crippen LogP contribution in [0.5, 0.6) is 0 Å². The third-order valence-corrected chi connectivity index (χ3v) is 4.22. The van der Waals surface area contributed by atoms with E-state index in [0.29, 0.717) is 22.8 Å². The van der Waals surface area contributed by atoms with E-state index in [0.717, 1.165) is 5.56 Å². The highest BCUT2D eigenvalue weighted by atomic mass is 16.3. The van der Waals surface area contributed by atoms with Crippen LogP contribution in [0.1, 0.15) is 11.3 Å². The number of rotatable bonds is 6. The van der Waals surface area contributed by atoms with E-state index in [1.807, 2.05) is 48.5 Å². The summed E-state index contributed by atoms with van der Waals surface area (Å²) in [5.41, 5.74) is 2.09. The van der Waals surface area contributed by atoms with Crippen LogP contribution in [-0.4, -0.2) is 27.2 Å². The molecule has 2 N–H and O–H groups in total. The van der Waals surface area contributed by atoms with Crippen molar-refractivity contribution in [3.8, 4) is 11.4 Å². The molecule has 3 aromatic rings. The van der Waals surface area contributed by atoms with E-state index in [1.165, 1.54) is 4.57 Å². The molecule has 0 saturated heterocycles. The molecule has 1 amide bonds. The van der Waals surface area contributed by atoms with Crippen LogP contribution < -0.4 is 10.9 Å². The zero-order valence-electron chi connectivity index (χ0n) is 15.1. The highest BCUT2D eigenvalue weighted by Crippen LogP contribution is 2.17. The Balaban J connectivity index is 2.02. The molecule has 0 radical (unpaired) electrons. The Hall–Kier alpha value is -3.25. The van der Waals surface area contributed by atoms with E-state index in [4.69, 9.17) is 0 Å². The van der Waals surface area contributed by atoms with Gasteiger partial charge < -0.3 is 10.4 Å². The van der Waals surface area contributed by atoms with Crippen molar-refractivity contribution in [2.45, 2.75) is 19.9 Å². The van der Waals surface area contributed by atoms with Gasteiger partial charge in [-0.15, -0.1) is 0 Å². The molecular weight excluding hydrogens is 342 g/mol. The topological polar surface area (TPSA) is 84.2 Å². The van der Waals surface area contributed by atoms with Crippen LogP contribution >= 0.6 is 0 Å². The van der Waals surface area contributed by atoms with E-state index >= 15 is 0 Å². The van der Waals surface area contributed by atoms with Crippen LogP contribution in [0.25, 0.3) is 11.4 Å². The minimum absolute atomic E-state index is 0.154. The maximum Gasteiger partial charge on any atom is 0.257 e. The molecule has 0 bridgehead atoms. The summed E-state index contributed by atoms with van der Waals surface area (Å²) >= 11 is 0. The fourth-order valence-corrected chi connectivity index (χ4v) is 2.92. The van der Waals surface area contributed by atoms with Crippen molar-refractivity contribution in [1.82, 2.24) is 9.55 Å². The number of carbonyl (C=O) groups excluding carboxylic acids is 1. The summed E-state index contributed by atoms with van der Waals surface area (Å²) in [6, 6.07) is 18.3. The standard InChI is InChI=1S/C21H21N3O3/c1-15-18(12-13-25)21(27)24(20(22-15)16-8-4-2-5-9-16)14-19(26)23-17-10-6-3-7-11-17/h2-11,25H,12-14H2,1H3,(H,23,26). The predicted octanol–water partition coefficient (Wildman–Crippen LogP) is 2.39. The Morgan fingerprint density at radius 3 is 2.33 bits per heavy atom. The molecule has 2 aromatic carbocycles. The van der Waals surface area contributed by atoms with Gasteiger partial charge in [-0.3, -0.25) is 14.2 Å². The second-order valence-corrected chi connectivity index (χ2v) is 6.14. The largest absolute Gasteiger partial charge is 0.396 e. The van der Waals surface area contributed by atoms with Gasteiger partial charge in [0.25, 0.3) is 5.56 Å². The summed E-state index contributed by atoms with van der Waals surface area (Å²) in [4.78, 5) is 30.1. The van der Waals surface area contributed by atoms with Gasteiger partial charge in [0.05, 0.1) is 0 Å². The number of hydrogen-bond donors (Lipinski definition) is 2. The highest BCUT2D eigenvalue weighted by molar-refractivity contribution is 5.90. The average molecular weight is 363 g/mol. The van der Waals surface area contributed by atoms with Gasteiger partial charge in [0.15, 0.2) is 0 Å². The van der Waals surface area contributed by atoms with Crippen LogP contribution in [0.15, 0.2) is 65.5 Å². The van der Waals surface area contributed by atoms with Crippen molar-refractivity contribution >= 4 is 11.6 Å². The Morgan fingerprint density at radius 1 is 1.07 bits per heavy atom. The molecule has 138 valence electrons. The number of aryl methyl sites for hydroxylation is 1. The van der Waals surface area contributed by atoms with Crippen LogP contribution in [0.2, 0.25) is 0 Å². The van der Waals surface area contributed by atoms with Gasteiger partial charge in [-0.2, -0.15) is 0 Å². The van der Waals surface area contributed by atoms with Crippen molar-refractivity contribution in [3.05, 3.63) is 82.3 Å². The first kappa shape index (κ1) is 18.5.